The van der Waals surface area contributed by atoms with Gasteiger partial charge in [-0.25, -0.2) is 27.0 Å². The van der Waals surface area contributed by atoms with E-state index in [0.717, 1.165) is 43.1 Å². The molecule has 42 heavy (non-hydrogen) atoms. The molecular formula is C29H34F4N6O3. The van der Waals surface area contributed by atoms with Crippen LogP contribution in [0.2, 0.25) is 0 Å². The Kier molecular flexibility index (Phi) is 9.29. The maximum absolute atomic E-state index is 14.0. The summed E-state index contributed by atoms with van der Waals surface area (Å²) in [5.41, 5.74) is 1.50. The van der Waals surface area contributed by atoms with Crippen molar-refractivity contribution in [1.82, 2.24) is 25.1 Å². The standard InChI is InChI=1S/C29H34F4N6O3/c1-18-27(39(21-6-4-3-5-7-21)36-28(18)41-17-19-10-12-37(2)13-11-19)35-29(40)34-24-15-38(16-25(32)33)42-26(24)20-8-9-22(30)23(31)14-20/h3-9,14,19,24-26H,10-13,15-17H2,1-2H3,(H2,34,35,40)/t24-,26+/m1/s1. The normalized spacial score (nSPS) is 20.3. The number of hydroxylamine groups is 2. The first-order valence-corrected chi connectivity index (χ1v) is 13.9. The van der Waals surface area contributed by atoms with Crippen LogP contribution >= 0.6 is 0 Å². The fourth-order valence-electron chi connectivity index (χ4n) is 5.22. The van der Waals surface area contributed by atoms with Gasteiger partial charge in [0.15, 0.2) is 11.6 Å². The molecule has 2 N–H and O–H groups in total. The van der Waals surface area contributed by atoms with E-state index in [2.05, 4.69) is 27.7 Å². The number of ether oxygens (including phenoxy) is 1. The number of hydrogen-bond acceptors (Lipinski definition) is 6. The molecule has 2 aromatic carbocycles. The second-order valence-electron chi connectivity index (χ2n) is 10.7. The van der Waals surface area contributed by atoms with Crippen LogP contribution in [0.5, 0.6) is 5.88 Å². The van der Waals surface area contributed by atoms with Crippen molar-refractivity contribution in [3.63, 3.8) is 0 Å². The van der Waals surface area contributed by atoms with E-state index in [1.54, 1.807) is 11.6 Å². The number of carbonyl (C=O) groups excluding carboxylic acids is 1. The minimum absolute atomic E-state index is 0.0940. The summed E-state index contributed by atoms with van der Waals surface area (Å²) in [7, 11) is 2.10. The van der Waals surface area contributed by atoms with Gasteiger partial charge in [-0.1, -0.05) is 24.3 Å². The van der Waals surface area contributed by atoms with Crippen molar-refractivity contribution in [3.8, 4) is 11.6 Å². The van der Waals surface area contributed by atoms with E-state index >= 15 is 0 Å². The molecule has 2 atom stereocenters. The molecule has 2 fully saturated rings. The van der Waals surface area contributed by atoms with Crippen molar-refractivity contribution in [2.45, 2.75) is 38.3 Å². The first kappa shape index (κ1) is 29.8. The number of likely N-dealkylation sites (tertiary alicyclic amines) is 1. The number of nitrogens with one attached hydrogen (secondary N) is 2. The molecule has 2 aliphatic rings. The van der Waals surface area contributed by atoms with Crippen molar-refractivity contribution >= 4 is 11.8 Å². The van der Waals surface area contributed by atoms with Gasteiger partial charge in [-0.2, -0.15) is 5.06 Å². The Morgan fingerprint density at radius 1 is 1.12 bits per heavy atom. The maximum Gasteiger partial charge on any atom is 0.320 e. The predicted octanol–water partition coefficient (Wildman–Crippen LogP) is 4.92. The average molecular weight is 591 g/mol. The SMILES string of the molecule is Cc1c(OCC2CCN(C)CC2)nn(-c2ccccc2)c1NC(=O)N[C@@H]1CN(CC(F)F)O[C@H]1c1ccc(F)c(F)c1. The summed E-state index contributed by atoms with van der Waals surface area (Å²) in [6.07, 6.45) is -1.67. The number of aromatic nitrogens is 2. The average Bonchev–Trinajstić information content (AvgIpc) is 3.49. The first-order chi connectivity index (χ1) is 20.2. The molecule has 0 aliphatic carbocycles. The highest BCUT2D eigenvalue weighted by molar-refractivity contribution is 5.90. The van der Waals surface area contributed by atoms with Gasteiger partial charge in [0.2, 0.25) is 5.88 Å². The van der Waals surface area contributed by atoms with E-state index in [0.29, 0.717) is 35.5 Å². The monoisotopic (exact) mass is 590 g/mol. The van der Waals surface area contributed by atoms with Crippen LogP contribution < -0.4 is 15.4 Å². The van der Waals surface area contributed by atoms with Gasteiger partial charge >= 0.3 is 6.03 Å². The quantitative estimate of drug-likeness (QED) is 0.344. The van der Waals surface area contributed by atoms with Gasteiger partial charge in [-0.3, -0.25) is 10.2 Å². The van der Waals surface area contributed by atoms with Crippen LogP contribution in [-0.4, -0.2) is 78.1 Å². The fourth-order valence-corrected chi connectivity index (χ4v) is 5.22. The minimum atomic E-state index is -2.70. The van der Waals surface area contributed by atoms with E-state index in [-0.39, 0.29) is 12.1 Å². The van der Waals surface area contributed by atoms with Crippen LogP contribution in [0.25, 0.3) is 5.69 Å². The molecule has 0 radical (unpaired) electrons. The van der Waals surface area contributed by atoms with E-state index in [4.69, 9.17) is 9.57 Å². The van der Waals surface area contributed by atoms with Gasteiger partial charge in [-0.05, 0) is 75.6 Å². The molecule has 226 valence electrons. The molecule has 0 bridgehead atoms. The number of alkyl halides is 2. The molecule has 9 nitrogen and oxygen atoms in total. The molecule has 0 spiro atoms. The van der Waals surface area contributed by atoms with Crippen molar-refractivity contribution in [3.05, 3.63) is 71.3 Å². The molecule has 2 amide bonds. The maximum atomic E-state index is 14.0. The summed E-state index contributed by atoms with van der Waals surface area (Å²) in [5, 5.41) is 11.2. The van der Waals surface area contributed by atoms with Crippen molar-refractivity contribution in [2.75, 3.05) is 45.2 Å². The van der Waals surface area contributed by atoms with Crippen LogP contribution in [-0.2, 0) is 4.84 Å². The number of benzene rings is 2. The third kappa shape index (κ3) is 7.02. The summed E-state index contributed by atoms with van der Waals surface area (Å²) in [4.78, 5) is 21.2. The Labute approximate surface area is 241 Å². The molecule has 13 heteroatoms. The number of amides is 2. The molecule has 1 aromatic heterocycles. The van der Waals surface area contributed by atoms with E-state index in [9.17, 15) is 22.4 Å². The van der Waals surface area contributed by atoms with Gasteiger partial charge < -0.3 is 15.0 Å². The Hall–Kier alpha value is -3.68. The van der Waals surface area contributed by atoms with Crippen LogP contribution in [0.1, 0.15) is 30.1 Å². The Morgan fingerprint density at radius 3 is 2.55 bits per heavy atom. The lowest BCUT2D eigenvalue weighted by Crippen LogP contribution is -2.42. The molecule has 2 saturated heterocycles. The zero-order valence-corrected chi connectivity index (χ0v) is 23.4. The van der Waals surface area contributed by atoms with Crippen molar-refractivity contribution in [2.24, 2.45) is 5.92 Å². The zero-order valence-electron chi connectivity index (χ0n) is 23.4. The lowest BCUT2D eigenvalue weighted by atomic mass is 9.98. The summed E-state index contributed by atoms with van der Waals surface area (Å²) >= 11 is 0. The summed E-state index contributed by atoms with van der Waals surface area (Å²) in [5.74, 6) is -1.01. The van der Waals surface area contributed by atoms with Gasteiger partial charge in [0.05, 0.1) is 30.4 Å². The largest absolute Gasteiger partial charge is 0.476 e. The Balaban J connectivity index is 1.34. The highest BCUT2D eigenvalue weighted by atomic mass is 19.3. The zero-order chi connectivity index (χ0) is 29.8. The van der Waals surface area contributed by atoms with Gasteiger partial charge in [-0.15, -0.1) is 5.10 Å². The number of halogens is 4. The number of rotatable bonds is 9. The smallest absolute Gasteiger partial charge is 0.320 e. The molecular weight excluding hydrogens is 556 g/mol. The van der Waals surface area contributed by atoms with E-state index in [1.165, 1.54) is 6.07 Å². The Morgan fingerprint density at radius 2 is 1.86 bits per heavy atom. The first-order valence-electron chi connectivity index (χ1n) is 13.9. The van der Waals surface area contributed by atoms with Crippen LogP contribution in [0.4, 0.5) is 28.2 Å². The van der Waals surface area contributed by atoms with Gasteiger partial charge in [0.1, 0.15) is 11.9 Å². The summed E-state index contributed by atoms with van der Waals surface area (Å²) in [6.45, 7) is 3.50. The number of anilines is 1. The van der Waals surface area contributed by atoms with Crippen LogP contribution in [0, 0.1) is 24.5 Å². The number of piperidine rings is 1. The lowest BCUT2D eigenvalue weighted by Gasteiger charge is -2.28. The second kappa shape index (κ2) is 13.1. The topological polar surface area (TPSA) is 83.9 Å². The molecule has 2 aliphatic heterocycles. The van der Waals surface area contributed by atoms with Crippen LogP contribution in [0.15, 0.2) is 48.5 Å². The number of nitrogens with zero attached hydrogens (tertiary/aromatic N) is 4. The molecule has 3 aromatic rings. The van der Waals surface area contributed by atoms with E-state index in [1.807, 2.05) is 30.3 Å². The highest BCUT2D eigenvalue weighted by Gasteiger charge is 2.38. The number of urea groups is 1. The number of carbonyl (C=O) groups is 1. The molecule has 0 saturated carbocycles. The van der Waals surface area contributed by atoms with Crippen molar-refractivity contribution in [1.29, 1.82) is 0 Å². The molecule has 0 unspecified atom stereocenters. The third-order valence-electron chi connectivity index (χ3n) is 7.56. The minimum Gasteiger partial charge on any atom is -0.476 e. The highest BCUT2D eigenvalue weighted by Crippen LogP contribution is 2.32. The lowest BCUT2D eigenvalue weighted by molar-refractivity contribution is -0.166. The second-order valence-corrected chi connectivity index (χ2v) is 10.7. The number of hydrogen-bond donors (Lipinski definition) is 2. The third-order valence-corrected chi connectivity index (χ3v) is 7.56. The summed E-state index contributed by atoms with van der Waals surface area (Å²) in [6, 6.07) is 10.9. The fraction of sp³-hybridized carbons (Fsp3) is 0.448. The van der Waals surface area contributed by atoms with Crippen molar-refractivity contribution < 1.29 is 31.9 Å². The van der Waals surface area contributed by atoms with Gasteiger partial charge in [0.25, 0.3) is 6.43 Å². The predicted molar refractivity (Wildman–Crippen MR) is 148 cm³/mol. The van der Waals surface area contributed by atoms with Gasteiger partial charge in [0, 0.05) is 6.54 Å². The Bertz CT molecular complexity index is 1370. The van der Waals surface area contributed by atoms with Crippen LogP contribution in [0.3, 0.4) is 0 Å². The van der Waals surface area contributed by atoms with E-state index < -0.39 is 42.8 Å². The number of para-hydroxylation sites is 1. The molecule has 5 rings (SSSR count). The summed E-state index contributed by atoms with van der Waals surface area (Å²) < 4.78 is 61.4. The molecule has 3 heterocycles.